The monoisotopic (exact) mass is 276 g/mol. The third-order valence-corrected chi connectivity index (χ3v) is 2.54. The van der Waals surface area contributed by atoms with E-state index in [4.69, 9.17) is 0 Å². The number of aromatic amines is 1. The van der Waals surface area contributed by atoms with Crippen molar-refractivity contribution < 1.29 is 18.7 Å². The second-order valence-corrected chi connectivity index (χ2v) is 3.89. The maximum atomic E-state index is 12.9. The average Bonchev–Trinajstić information content (AvgIpc) is 2.31. The van der Waals surface area contributed by atoms with Crippen LogP contribution in [0.3, 0.4) is 0 Å². The van der Waals surface area contributed by atoms with E-state index in [0.29, 0.717) is 22.5 Å². The second kappa shape index (κ2) is 6.15. The lowest BCUT2D eigenvalue weighted by Gasteiger charge is -2.03. The van der Waals surface area contributed by atoms with E-state index in [1.54, 1.807) is 11.9 Å². The first-order valence-corrected chi connectivity index (χ1v) is 5.78. The molecule has 0 radical (unpaired) electrons. The zero-order valence-electron chi connectivity index (χ0n) is 9.27. The minimum atomic E-state index is -1.26. The first-order chi connectivity index (χ1) is 8.45. The third kappa shape index (κ3) is 3.55. The van der Waals surface area contributed by atoms with Gasteiger partial charge in [-0.1, -0.05) is 11.8 Å². The van der Waals surface area contributed by atoms with E-state index in [2.05, 4.69) is 4.74 Å². The number of ether oxygens (including phenoxy) is 1. The van der Waals surface area contributed by atoms with Crippen LogP contribution in [-0.2, 0) is 9.53 Å². The molecule has 1 aromatic heterocycles. The summed E-state index contributed by atoms with van der Waals surface area (Å²) in [5.74, 6) is -2.20. The Bertz CT molecular complexity index is 579. The van der Waals surface area contributed by atoms with Gasteiger partial charge in [0, 0.05) is 0 Å². The molecule has 1 heterocycles. The van der Waals surface area contributed by atoms with Gasteiger partial charge in [0.05, 0.1) is 12.8 Å². The van der Waals surface area contributed by atoms with Crippen molar-refractivity contribution in [3.63, 3.8) is 0 Å². The van der Waals surface area contributed by atoms with E-state index in [1.807, 2.05) is 0 Å². The van der Waals surface area contributed by atoms with Gasteiger partial charge in [0.1, 0.15) is 5.75 Å². The molecule has 0 atom stereocenters. The van der Waals surface area contributed by atoms with Crippen molar-refractivity contribution in [2.75, 3.05) is 12.4 Å². The molecule has 0 aliphatic heterocycles. The van der Waals surface area contributed by atoms with Gasteiger partial charge in [-0.3, -0.25) is 19.4 Å². The summed E-state index contributed by atoms with van der Waals surface area (Å²) < 4.78 is 17.8. The maximum absolute atomic E-state index is 12.9. The lowest BCUT2D eigenvalue weighted by atomic mass is 10.6. The molecule has 0 bridgehead atoms. The van der Waals surface area contributed by atoms with Crippen LogP contribution in [0.5, 0.6) is 0 Å². The molecule has 1 aromatic rings. The molecule has 0 aliphatic carbocycles. The zero-order chi connectivity index (χ0) is 13.7. The van der Waals surface area contributed by atoms with Gasteiger partial charge < -0.3 is 4.74 Å². The molecular weight excluding hydrogens is 267 g/mol. The van der Waals surface area contributed by atoms with Crippen molar-refractivity contribution in [2.24, 2.45) is 0 Å². The summed E-state index contributed by atoms with van der Waals surface area (Å²) in [7, 11) is 0. The minimum absolute atomic E-state index is 0.167. The number of hydrogen-bond acceptors (Lipinski definition) is 6. The number of carbonyl (C=O) groups excluding carboxylic acids is 2. The number of hydrogen-bond donors (Lipinski definition) is 1. The molecule has 0 saturated heterocycles. The number of rotatable bonds is 3. The van der Waals surface area contributed by atoms with Gasteiger partial charge in [-0.2, -0.15) is 4.39 Å². The highest BCUT2D eigenvalue weighted by Gasteiger charge is 2.13. The Hall–Kier alpha value is -1.90. The second-order valence-electron chi connectivity index (χ2n) is 2.97. The number of thioether (sulfide) groups is 1. The van der Waals surface area contributed by atoms with Crippen LogP contribution >= 0.6 is 11.8 Å². The Balaban J connectivity index is 2.79. The molecule has 0 saturated carbocycles. The Labute approximate surface area is 104 Å². The van der Waals surface area contributed by atoms with Crippen LogP contribution in [-0.4, -0.2) is 33.1 Å². The lowest BCUT2D eigenvalue weighted by molar-refractivity contribution is -0.139. The number of carbonyl (C=O) groups is 2. The highest BCUT2D eigenvalue weighted by atomic mass is 32.2. The molecular formula is C9H9FN2O5S. The van der Waals surface area contributed by atoms with Crippen LogP contribution in [0.1, 0.15) is 6.92 Å². The Morgan fingerprint density at radius 3 is 2.78 bits per heavy atom. The van der Waals surface area contributed by atoms with Crippen LogP contribution in [0.15, 0.2) is 15.8 Å². The van der Waals surface area contributed by atoms with E-state index >= 15 is 0 Å². The minimum Gasteiger partial charge on any atom is -0.465 e. The Morgan fingerprint density at radius 1 is 1.50 bits per heavy atom. The zero-order valence-corrected chi connectivity index (χ0v) is 10.1. The average molecular weight is 276 g/mol. The molecule has 18 heavy (non-hydrogen) atoms. The van der Waals surface area contributed by atoms with Crippen molar-refractivity contribution in [2.45, 2.75) is 6.92 Å². The first-order valence-electron chi connectivity index (χ1n) is 4.80. The molecule has 1 rings (SSSR count). The lowest BCUT2D eigenvalue weighted by Crippen LogP contribution is -2.34. The number of nitrogens with zero attached hydrogens (tertiary/aromatic N) is 1. The van der Waals surface area contributed by atoms with Crippen molar-refractivity contribution in [1.82, 2.24) is 9.55 Å². The largest absolute Gasteiger partial charge is 0.465 e. The first kappa shape index (κ1) is 14.2. The van der Waals surface area contributed by atoms with Crippen LogP contribution in [0, 0.1) is 5.82 Å². The highest BCUT2D eigenvalue weighted by molar-refractivity contribution is 8.14. The predicted octanol–water partition coefficient (Wildman–Crippen LogP) is -0.0599. The van der Waals surface area contributed by atoms with Gasteiger partial charge in [0.25, 0.3) is 10.8 Å². The summed E-state index contributed by atoms with van der Waals surface area (Å²) in [6.07, 6.45) is 0.474. The van der Waals surface area contributed by atoms with E-state index < -0.39 is 28.3 Å². The maximum Gasteiger partial charge on any atom is 0.336 e. The molecule has 0 aliphatic rings. The van der Waals surface area contributed by atoms with Crippen molar-refractivity contribution in [3.8, 4) is 0 Å². The summed E-state index contributed by atoms with van der Waals surface area (Å²) in [5.41, 5.74) is -2.28. The van der Waals surface area contributed by atoms with Gasteiger partial charge in [-0.25, -0.2) is 9.36 Å². The molecule has 7 nitrogen and oxygen atoms in total. The molecule has 0 aromatic carbocycles. The van der Waals surface area contributed by atoms with E-state index in [1.165, 1.54) is 0 Å². The standard InChI is InChI=1S/C9H9FN2O5S/c1-2-17-6(13)4-18-9(16)12-3-5(10)7(14)11-8(12)15/h3H,2,4H2,1H3,(H,11,14,15). The van der Waals surface area contributed by atoms with E-state index in [9.17, 15) is 23.6 Å². The molecule has 1 N–H and O–H groups in total. The van der Waals surface area contributed by atoms with E-state index in [-0.39, 0.29) is 12.4 Å². The molecule has 0 unspecified atom stereocenters. The smallest absolute Gasteiger partial charge is 0.336 e. The van der Waals surface area contributed by atoms with Gasteiger partial charge in [-0.15, -0.1) is 0 Å². The summed E-state index contributed by atoms with van der Waals surface area (Å²) in [4.78, 5) is 46.0. The quantitative estimate of drug-likeness (QED) is 0.777. The Kier molecular flexibility index (Phi) is 4.84. The number of nitrogens with one attached hydrogen (secondary N) is 1. The van der Waals surface area contributed by atoms with Crippen molar-refractivity contribution >= 4 is 23.0 Å². The normalized spacial score (nSPS) is 10.1. The number of H-pyrrole nitrogens is 1. The summed E-state index contributed by atoms with van der Waals surface area (Å²) >= 11 is 0.467. The van der Waals surface area contributed by atoms with E-state index in [0.717, 1.165) is 0 Å². The molecule has 98 valence electrons. The fourth-order valence-corrected chi connectivity index (χ4v) is 1.58. The fraction of sp³-hybridized carbons (Fsp3) is 0.333. The molecule has 0 fully saturated rings. The van der Waals surface area contributed by atoms with Gasteiger partial charge in [0.15, 0.2) is 0 Å². The number of aromatic nitrogens is 2. The van der Waals surface area contributed by atoms with Crippen LogP contribution in [0.25, 0.3) is 0 Å². The molecule has 9 heteroatoms. The molecule has 0 amide bonds. The molecule has 0 spiro atoms. The summed E-state index contributed by atoms with van der Waals surface area (Å²) in [6, 6.07) is 0. The van der Waals surface area contributed by atoms with Gasteiger partial charge in [-0.05, 0) is 6.92 Å². The van der Waals surface area contributed by atoms with Gasteiger partial charge >= 0.3 is 11.7 Å². The Morgan fingerprint density at radius 2 is 2.17 bits per heavy atom. The topological polar surface area (TPSA) is 98.2 Å². The summed E-state index contributed by atoms with van der Waals surface area (Å²) in [5, 5.41) is -0.886. The van der Waals surface area contributed by atoms with Crippen LogP contribution in [0.2, 0.25) is 0 Å². The number of halogens is 1. The third-order valence-electron chi connectivity index (χ3n) is 1.71. The van der Waals surface area contributed by atoms with Crippen molar-refractivity contribution in [1.29, 1.82) is 0 Å². The fourth-order valence-electron chi connectivity index (χ4n) is 0.976. The van der Waals surface area contributed by atoms with Gasteiger partial charge in [0.2, 0.25) is 5.82 Å². The van der Waals surface area contributed by atoms with Crippen LogP contribution in [0.4, 0.5) is 9.18 Å². The van der Waals surface area contributed by atoms with Crippen LogP contribution < -0.4 is 11.2 Å². The summed E-state index contributed by atoms with van der Waals surface area (Å²) in [6.45, 7) is 1.77. The number of esters is 1. The predicted molar refractivity (Wildman–Crippen MR) is 61.2 cm³/mol. The van der Waals surface area contributed by atoms with Crippen molar-refractivity contribution in [3.05, 3.63) is 32.9 Å². The SMILES string of the molecule is CCOC(=O)CSC(=O)n1cc(F)c(=O)[nH]c1=O. The highest BCUT2D eigenvalue weighted by Crippen LogP contribution is 2.05.